The third-order valence-electron chi connectivity index (χ3n) is 3.08. The molecule has 0 bridgehead atoms. The molecule has 0 aliphatic rings. The van der Waals surface area contributed by atoms with Gasteiger partial charge in [0.15, 0.2) is 11.6 Å². The van der Waals surface area contributed by atoms with Gasteiger partial charge >= 0.3 is 0 Å². The van der Waals surface area contributed by atoms with Gasteiger partial charge in [-0.25, -0.2) is 8.78 Å². The van der Waals surface area contributed by atoms with Crippen LogP contribution >= 0.6 is 11.3 Å². The molecule has 0 aliphatic carbocycles. The van der Waals surface area contributed by atoms with Gasteiger partial charge in [-0.05, 0) is 31.2 Å². The Hall–Kier alpha value is -2.61. The van der Waals surface area contributed by atoms with Crippen LogP contribution in [-0.2, 0) is 0 Å². The topological polar surface area (TPSA) is 68.0 Å². The Kier molecular flexibility index (Phi) is 3.91. The highest BCUT2D eigenvalue weighted by atomic mass is 32.1. The van der Waals surface area contributed by atoms with Gasteiger partial charge in [0.1, 0.15) is 0 Å². The predicted molar refractivity (Wildman–Crippen MR) is 81.4 cm³/mol. The second-order valence-electron chi connectivity index (χ2n) is 4.79. The van der Waals surface area contributed by atoms with E-state index in [9.17, 15) is 13.6 Å². The Labute approximate surface area is 134 Å². The molecule has 0 saturated carbocycles. The lowest BCUT2D eigenvalue weighted by atomic mass is 10.2. The molecular weight excluding hydrogens is 324 g/mol. The number of thiophene rings is 1. The summed E-state index contributed by atoms with van der Waals surface area (Å²) in [7, 11) is 0. The van der Waals surface area contributed by atoms with E-state index in [4.69, 9.17) is 4.42 Å². The third-order valence-corrected chi connectivity index (χ3v) is 4.12. The zero-order valence-corrected chi connectivity index (χ0v) is 13.0. The summed E-state index contributed by atoms with van der Waals surface area (Å²) < 4.78 is 31.5. The van der Waals surface area contributed by atoms with Crippen LogP contribution in [0.2, 0.25) is 0 Å². The quantitative estimate of drug-likeness (QED) is 0.787. The summed E-state index contributed by atoms with van der Waals surface area (Å²) in [5, 5.41) is 10.3. The van der Waals surface area contributed by atoms with Gasteiger partial charge in [0, 0.05) is 17.4 Å². The number of hydrogen-bond acceptors (Lipinski definition) is 5. The number of benzene rings is 1. The molecule has 118 valence electrons. The summed E-state index contributed by atoms with van der Waals surface area (Å²) in [5.41, 5.74) is 0.584. The van der Waals surface area contributed by atoms with Crippen LogP contribution < -0.4 is 5.32 Å². The fourth-order valence-corrected chi connectivity index (χ4v) is 2.84. The van der Waals surface area contributed by atoms with Crippen molar-refractivity contribution < 1.29 is 18.0 Å². The molecule has 0 atom stereocenters. The van der Waals surface area contributed by atoms with E-state index in [-0.39, 0.29) is 5.56 Å². The number of carbonyl (C=O) groups is 1. The molecule has 2 heterocycles. The van der Waals surface area contributed by atoms with Crippen molar-refractivity contribution in [2.24, 2.45) is 0 Å². The van der Waals surface area contributed by atoms with Crippen LogP contribution in [0.3, 0.4) is 0 Å². The van der Waals surface area contributed by atoms with E-state index in [1.165, 1.54) is 17.4 Å². The minimum Gasteiger partial charge on any atom is -0.420 e. The van der Waals surface area contributed by atoms with Crippen LogP contribution in [-0.4, -0.2) is 16.1 Å². The molecule has 0 fully saturated rings. The fourth-order valence-electron chi connectivity index (χ4n) is 1.94. The third kappa shape index (κ3) is 3.11. The Morgan fingerprint density at radius 3 is 2.61 bits per heavy atom. The molecule has 3 aromatic rings. The van der Waals surface area contributed by atoms with E-state index in [2.05, 4.69) is 15.5 Å². The van der Waals surface area contributed by atoms with Gasteiger partial charge in [0.25, 0.3) is 11.8 Å². The number of carbonyl (C=O) groups excluding carboxylic acids is 1. The smallest absolute Gasteiger partial charge is 0.257 e. The first-order chi connectivity index (χ1) is 10.9. The van der Waals surface area contributed by atoms with Gasteiger partial charge < -0.3 is 9.73 Å². The number of aromatic nitrogens is 2. The molecule has 0 unspecified atom stereocenters. The Morgan fingerprint density at radius 1 is 1.17 bits per heavy atom. The summed E-state index contributed by atoms with van der Waals surface area (Å²) in [6.45, 7) is 3.50. The van der Waals surface area contributed by atoms with Crippen molar-refractivity contribution >= 4 is 22.9 Å². The largest absolute Gasteiger partial charge is 0.420 e. The van der Waals surface area contributed by atoms with Crippen molar-refractivity contribution in [1.82, 2.24) is 10.2 Å². The Morgan fingerprint density at radius 2 is 1.96 bits per heavy atom. The van der Waals surface area contributed by atoms with Crippen LogP contribution in [0, 0.1) is 25.5 Å². The number of nitrogens with one attached hydrogen (secondary N) is 1. The molecule has 1 amide bonds. The molecule has 8 heteroatoms. The van der Waals surface area contributed by atoms with Crippen LogP contribution in [0.1, 0.15) is 21.1 Å². The lowest BCUT2D eigenvalue weighted by Crippen LogP contribution is -2.12. The van der Waals surface area contributed by atoms with Crippen LogP contribution in [0.5, 0.6) is 0 Å². The zero-order chi connectivity index (χ0) is 16.6. The van der Waals surface area contributed by atoms with Crippen molar-refractivity contribution in [3.8, 4) is 10.8 Å². The highest BCUT2D eigenvalue weighted by molar-refractivity contribution is 7.15. The van der Waals surface area contributed by atoms with Crippen LogP contribution in [0.4, 0.5) is 14.5 Å². The van der Waals surface area contributed by atoms with Gasteiger partial charge in [-0.2, -0.15) is 0 Å². The molecule has 1 N–H and O–H groups in total. The zero-order valence-electron chi connectivity index (χ0n) is 12.2. The Bertz CT molecular complexity index is 889. The van der Waals surface area contributed by atoms with Gasteiger partial charge in [-0.15, -0.1) is 21.5 Å². The van der Waals surface area contributed by atoms with Crippen molar-refractivity contribution in [2.75, 3.05) is 5.32 Å². The second-order valence-corrected chi connectivity index (χ2v) is 6.05. The highest BCUT2D eigenvalue weighted by Crippen LogP contribution is 2.33. The first-order valence-electron chi connectivity index (χ1n) is 6.61. The molecule has 3 rings (SSSR count). The summed E-state index contributed by atoms with van der Waals surface area (Å²) in [5.74, 6) is -1.79. The molecule has 2 aromatic heterocycles. The highest BCUT2D eigenvalue weighted by Gasteiger charge is 2.16. The Balaban J connectivity index is 1.83. The number of amides is 1. The summed E-state index contributed by atoms with van der Waals surface area (Å²) >= 11 is 1.38. The number of halogens is 2. The standard InChI is InChI=1S/C15H11F2N3O2S/c1-7-12(6-13(23-7)15-20-19-8(2)22-15)18-14(21)9-3-4-10(16)11(17)5-9/h3-6H,1-2H3,(H,18,21). The number of rotatable bonds is 3. The number of hydrogen-bond donors (Lipinski definition) is 1. The van der Waals surface area contributed by atoms with E-state index >= 15 is 0 Å². The van der Waals surface area contributed by atoms with Gasteiger partial charge in [-0.1, -0.05) is 0 Å². The molecule has 0 radical (unpaired) electrons. The predicted octanol–water partition coefficient (Wildman–Crippen LogP) is 3.95. The van der Waals surface area contributed by atoms with Crippen LogP contribution in [0.25, 0.3) is 10.8 Å². The van der Waals surface area contributed by atoms with Crippen LogP contribution in [0.15, 0.2) is 28.7 Å². The molecule has 1 aromatic carbocycles. The number of aryl methyl sites for hydroxylation is 2. The second kappa shape index (κ2) is 5.88. The van der Waals surface area contributed by atoms with Gasteiger partial charge in [0.2, 0.25) is 5.89 Å². The average Bonchev–Trinajstić information content (AvgIpc) is 3.08. The lowest BCUT2D eigenvalue weighted by molar-refractivity contribution is 0.102. The van der Waals surface area contributed by atoms with Gasteiger partial charge in [-0.3, -0.25) is 4.79 Å². The SMILES string of the molecule is Cc1nnc(-c2cc(NC(=O)c3ccc(F)c(F)c3)c(C)s2)o1. The molecule has 0 aliphatic heterocycles. The molecule has 23 heavy (non-hydrogen) atoms. The minimum atomic E-state index is -1.07. The minimum absolute atomic E-state index is 0.0321. The summed E-state index contributed by atoms with van der Waals surface area (Å²) in [4.78, 5) is 13.7. The molecule has 0 saturated heterocycles. The summed E-state index contributed by atoms with van der Waals surface area (Å²) in [6.07, 6.45) is 0. The van der Waals surface area contributed by atoms with E-state index < -0.39 is 17.5 Å². The maximum atomic E-state index is 13.2. The molecular formula is C15H11F2N3O2S. The van der Waals surface area contributed by atoms with Gasteiger partial charge in [0.05, 0.1) is 10.6 Å². The molecule has 5 nitrogen and oxygen atoms in total. The van der Waals surface area contributed by atoms with Crippen molar-refractivity contribution in [3.05, 3.63) is 52.2 Å². The fraction of sp³-hybridized carbons (Fsp3) is 0.133. The first-order valence-corrected chi connectivity index (χ1v) is 7.43. The van der Waals surface area contributed by atoms with E-state index in [0.717, 1.165) is 17.0 Å². The maximum Gasteiger partial charge on any atom is 0.257 e. The van der Waals surface area contributed by atoms with E-state index in [1.54, 1.807) is 13.0 Å². The maximum absolute atomic E-state index is 13.2. The number of nitrogens with zero attached hydrogens (tertiary/aromatic N) is 2. The van der Waals surface area contributed by atoms with E-state index in [0.29, 0.717) is 22.3 Å². The van der Waals surface area contributed by atoms with Crippen molar-refractivity contribution in [2.45, 2.75) is 13.8 Å². The van der Waals surface area contributed by atoms with Crippen molar-refractivity contribution in [3.63, 3.8) is 0 Å². The van der Waals surface area contributed by atoms with E-state index in [1.807, 2.05) is 6.92 Å². The normalized spacial score (nSPS) is 10.8. The molecule has 0 spiro atoms. The number of anilines is 1. The average molecular weight is 335 g/mol. The lowest BCUT2D eigenvalue weighted by Gasteiger charge is -2.04. The summed E-state index contributed by atoms with van der Waals surface area (Å²) in [6, 6.07) is 4.69. The van der Waals surface area contributed by atoms with Crippen molar-refractivity contribution in [1.29, 1.82) is 0 Å². The first kappa shape index (κ1) is 15.3. The monoisotopic (exact) mass is 335 g/mol.